The van der Waals surface area contributed by atoms with Crippen LogP contribution < -0.4 is 10.1 Å². The molecule has 1 fully saturated rings. The molecule has 1 aliphatic heterocycles. The van der Waals surface area contributed by atoms with Gasteiger partial charge in [0.05, 0.1) is 5.69 Å². The average molecular weight is 481 g/mol. The van der Waals surface area contributed by atoms with Gasteiger partial charge in [-0.25, -0.2) is 9.78 Å². The third-order valence-corrected chi connectivity index (χ3v) is 6.87. The Labute approximate surface area is 204 Å². The molecule has 0 bridgehead atoms. The fourth-order valence-corrected chi connectivity index (χ4v) is 5.11. The van der Waals surface area contributed by atoms with E-state index in [-0.39, 0.29) is 18.2 Å². The van der Waals surface area contributed by atoms with Crippen molar-refractivity contribution < 1.29 is 9.53 Å². The molecule has 1 unspecified atom stereocenters. The number of ether oxygens (including phenoxy) is 1. The second kappa shape index (κ2) is 9.62. The molecular weight excluding hydrogens is 452 g/mol. The highest BCUT2D eigenvalue weighted by atomic mass is 35.5. The number of urea groups is 1. The minimum atomic E-state index is -0.118. The van der Waals surface area contributed by atoms with Crippen molar-refractivity contribution in [1.82, 2.24) is 30.0 Å². The summed E-state index contributed by atoms with van der Waals surface area (Å²) in [4.78, 5) is 18.2. The number of pyridine rings is 1. The highest BCUT2D eigenvalue weighted by Gasteiger charge is 2.32. The summed E-state index contributed by atoms with van der Waals surface area (Å²) in [6.07, 6.45) is 7.04. The van der Waals surface area contributed by atoms with Crippen molar-refractivity contribution in [3.05, 3.63) is 64.8 Å². The molecular formula is C25H29ClN6O2. The van der Waals surface area contributed by atoms with Crippen LogP contribution in [0.2, 0.25) is 5.02 Å². The normalized spacial score (nSPS) is 21.7. The third-order valence-electron chi connectivity index (χ3n) is 6.63. The highest BCUT2D eigenvalue weighted by molar-refractivity contribution is 6.30. The molecule has 8 nitrogen and oxygen atoms in total. The van der Waals surface area contributed by atoms with E-state index in [1.807, 2.05) is 36.4 Å². The van der Waals surface area contributed by atoms with Gasteiger partial charge in [-0.05, 0) is 61.9 Å². The molecule has 1 N–H and O–H groups in total. The Morgan fingerprint density at radius 3 is 2.68 bits per heavy atom. The summed E-state index contributed by atoms with van der Waals surface area (Å²) >= 11 is 6.35. The summed E-state index contributed by atoms with van der Waals surface area (Å²) in [6, 6.07) is 11.5. The van der Waals surface area contributed by atoms with Crippen molar-refractivity contribution in [3.63, 3.8) is 0 Å². The second-order valence-corrected chi connectivity index (χ2v) is 9.73. The number of nitrogens with zero attached hydrogens (tertiary/aromatic N) is 5. The first kappa shape index (κ1) is 22.7. The zero-order valence-electron chi connectivity index (χ0n) is 19.4. The van der Waals surface area contributed by atoms with Gasteiger partial charge in [0, 0.05) is 49.8 Å². The number of aromatic nitrogens is 4. The van der Waals surface area contributed by atoms with Gasteiger partial charge in [0.25, 0.3) is 0 Å². The van der Waals surface area contributed by atoms with E-state index in [1.54, 1.807) is 25.2 Å². The number of carbonyl (C=O) groups is 1. The summed E-state index contributed by atoms with van der Waals surface area (Å²) < 4.78 is 8.27. The first-order valence-corrected chi connectivity index (χ1v) is 12.1. The Balaban J connectivity index is 1.38. The van der Waals surface area contributed by atoms with Crippen LogP contribution in [0.3, 0.4) is 0 Å². The minimum Gasteiger partial charge on any atom is -0.474 e. The standard InChI is InChI=1S/C25H29ClN6O2/c1-31(2)25(33)28-19-14-17-13-18(26)8-11-21(17)32-22(15-19)29-30-24(32)16-6-9-20(10-7-16)34-23-5-3-4-12-27-23/h3-5,8,11-13,16,19-20H,6-7,9-10,14-15H2,1-2H3,(H,28,33). The molecule has 0 saturated heterocycles. The zero-order chi connectivity index (χ0) is 23.7. The lowest BCUT2D eigenvalue weighted by Crippen LogP contribution is -2.43. The molecule has 5 rings (SSSR count). The summed E-state index contributed by atoms with van der Waals surface area (Å²) in [6.45, 7) is 0. The Kier molecular flexibility index (Phi) is 6.41. The zero-order valence-corrected chi connectivity index (χ0v) is 20.2. The van der Waals surface area contributed by atoms with Gasteiger partial charge in [-0.15, -0.1) is 10.2 Å². The van der Waals surface area contributed by atoms with Crippen LogP contribution in [0.1, 0.15) is 48.8 Å². The lowest BCUT2D eigenvalue weighted by atomic mass is 9.86. The number of fused-ring (bicyclic) bond motifs is 3. The molecule has 9 heteroatoms. The van der Waals surface area contributed by atoms with Crippen molar-refractivity contribution >= 4 is 17.6 Å². The summed E-state index contributed by atoms with van der Waals surface area (Å²) in [5.41, 5.74) is 2.14. The third kappa shape index (κ3) is 4.73. The van der Waals surface area contributed by atoms with Gasteiger partial charge < -0.3 is 15.0 Å². The number of hydrogen-bond donors (Lipinski definition) is 1. The van der Waals surface area contributed by atoms with E-state index in [9.17, 15) is 4.79 Å². The van der Waals surface area contributed by atoms with Gasteiger partial charge >= 0.3 is 6.03 Å². The van der Waals surface area contributed by atoms with Crippen LogP contribution >= 0.6 is 11.6 Å². The van der Waals surface area contributed by atoms with Crippen molar-refractivity contribution in [2.75, 3.05) is 14.1 Å². The number of amides is 2. The minimum absolute atomic E-state index is 0.0899. The van der Waals surface area contributed by atoms with Crippen molar-refractivity contribution in [1.29, 1.82) is 0 Å². The van der Waals surface area contributed by atoms with Gasteiger partial charge in [0.2, 0.25) is 5.88 Å². The molecule has 34 heavy (non-hydrogen) atoms. The van der Waals surface area contributed by atoms with Crippen molar-refractivity contribution in [2.24, 2.45) is 0 Å². The lowest BCUT2D eigenvalue weighted by molar-refractivity contribution is 0.139. The number of benzene rings is 1. The molecule has 2 amide bonds. The smallest absolute Gasteiger partial charge is 0.317 e. The fraction of sp³-hybridized carbons (Fsp3) is 0.440. The molecule has 1 aliphatic carbocycles. The Bertz CT molecular complexity index is 1160. The van der Waals surface area contributed by atoms with Crippen LogP contribution in [0.25, 0.3) is 5.69 Å². The van der Waals surface area contributed by atoms with Gasteiger partial charge in [-0.1, -0.05) is 17.7 Å². The van der Waals surface area contributed by atoms with Gasteiger partial charge in [0.1, 0.15) is 17.8 Å². The van der Waals surface area contributed by atoms with Gasteiger partial charge in [-0.2, -0.15) is 0 Å². The number of nitrogens with one attached hydrogen (secondary N) is 1. The Hall–Kier alpha value is -3.13. The van der Waals surface area contributed by atoms with Crippen LogP contribution in [-0.4, -0.2) is 56.9 Å². The van der Waals surface area contributed by atoms with Crippen LogP contribution in [0, 0.1) is 0 Å². The number of halogens is 1. The van der Waals surface area contributed by atoms with Gasteiger partial charge in [0.15, 0.2) is 0 Å². The monoisotopic (exact) mass is 480 g/mol. The lowest BCUT2D eigenvalue weighted by Gasteiger charge is -2.28. The number of hydrogen-bond acceptors (Lipinski definition) is 5. The first-order chi connectivity index (χ1) is 16.5. The molecule has 2 aliphatic rings. The van der Waals surface area contributed by atoms with E-state index in [1.165, 1.54) is 0 Å². The number of rotatable bonds is 4. The van der Waals surface area contributed by atoms with Crippen LogP contribution in [0.5, 0.6) is 5.88 Å². The highest BCUT2D eigenvalue weighted by Crippen LogP contribution is 2.37. The molecule has 3 aromatic rings. The van der Waals surface area contributed by atoms with E-state index < -0.39 is 0 Å². The molecule has 3 heterocycles. The van der Waals surface area contributed by atoms with E-state index >= 15 is 0 Å². The predicted molar refractivity (Wildman–Crippen MR) is 130 cm³/mol. The summed E-state index contributed by atoms with van der Waals surface area (Å²) in [5, 5.41) is 13.0. The molecule has 1 aromatic carbocycles. The Morgan fingerprint density at radius 1 is 1.12 bits per heavy atom. The van der Waals surface area contributed by atoms with Gasteiger partial charge in [-0.3, -0.25) is 4.57 Å². The van der Waals surface area contributed by atoms with Crippen LogP contribution in [-0.2, 0) is 12.8 Å². The molecule has 1 saturated carbocycles. The molecule has 2 aromatic heterocycles. The average Bonchev–Trinajstić information content (AvgIpc) is 3.17. The van der Waals surface area contributed by atoms with Crippen molar-refractivity contribution in [2.45, 2.75) is 56.6 Å². The van der Waals surface area contributed by atoms with E-state index in [0.29, 0.717) is 29.7 Å². The quantitative estimate of drug-likeness (QED) is 0.606. The van der Waals surface area contributed by atoms with Crippen LogP contribution in [0.4, 0.5) is 4.79 Å². The second-order valence-electron chi connectivity index (χ2n) is 9.29. The summed E-state index contributed by atoms with van der Waals surface area (Å²) in [7, 11) is 3.48. The first-order valence-electron chi connectivity index (χ1n) is 11.8. The molecule has 178 valence electrons. The van der Waals surface area contributed by atoms with E-state index in [2.05, 4.69) is 25.1 Å². The largest absolute Gasteiger partial charge is 0.474 e. The molecule has 0 radical (unpaired) electrons. The number of carbonyl (C=O) groups excluding carboxylic acids is 1. The molecule has 1 atom stereocenters. The van der Waals surface area contributed by atoms with Crippen molar-refractivity contribution in [3.8, 4) is 11.6 Å². The SMILES string of the molecule is CN(C)C(=O)NC1Cc2cc(Cl)ccc2-n2c(nnc2C2CCC(Oc3ccccn3)CC2)C1. The Morgan fingerprint density at radius 2 is 1.94 bits per heavy atom. The van der Waals surface area contributed by atoms with Crippen LogP contribution in [0.15, 0.2) is 42.6 Å². The topological polar surface area (TPSA) is 85.2 Å². The maximum absolute atomic E-state index is 12.4. The van der Waals surface area contributed by atoms with E-state index in [0.717, 1.165) is 48.6 Å². The van der Waals surface area contributed by atoms with E-state index in [4.69, 9.17) is 16.3 Å². The maximum Gasteiger partial charge on any atom is 0.317 e. The predicted octanol–water partition coefficient (Wildman–Crippen LogP) is 4.16. The fourth-order valence-electron chi connectivity index (χ4n) is 4.92. The maximum atomic E-state index is 12.4. The molecule has 0 spiro atoms. The summed E-state index contributed by atoms with van der Waals surface area (Å²) in [5.74, 6) is 2.82.